The van der Waals surface area contributed by atoms with E-state index in [-0.39, 0.29) is 6.61 Å². The number of carbonyl (C=O) groups excluding carboxylic acids is 1. The molecule has 0 unspecified atom stereocenters. The molecule has 0 aliphatic heterocycles. The van der Waals surface area contributed by atoms with Crippen LogP contribution in [0.25, 0.3) is 0 Å². The Hall–Kier alpha value is -1.66. The number of ether oxygens (including phenoxy) is 2. The highest BCUT2D eigenvalue weighted by molar-refractivity contribution is 6.30. The number of hydrogen-bond acceptors (Lipinski definition) is 3. The molecule has 0 aliphatic rings. The Morgan fingerprint density at radius 1 is 1.56 bits per heavy atom. The predicted molar refractivity (Wildman–Crippen MR) is 61.7 cm³/mol. The van der Waals surface area contributed by atoms with Crippen LogP contribution >= 0.6 is 11.6 Å². The number of methoxy groups -OCH3 is 1. The van der Waals surface area contributed by atoms with Gasteiger partial charge in [-0.15, -0.1) is 12.3 Å². The SMILES string of the molecule is C#CCCOC(=O)c1ccc(Cl)cc1OC. The molecule has 0 bridgehead atoms. The van der Waals surface area contributed by atoms with Crippen LogP contribution in [-0.2, 0) is 4.74 Å². The number of rotatable bonds is 4. The number of benzene rings is 1. The highest BCUT2D eigenvalue weighted by Gasteiger charge is 2.13. The molecule has 0 amide bonds. The molecule has 16 heavy (non-hydrogen) atoms. The van der Waals surface area contributed by atoms with Crippen LogP contribution in [0.2, 0.25) is 5.02 Å². The van der Waals surface area contributed by atoms with E-state index >= 15 is 0 Å². The van der Waals surface area contributed by atoms with Crippen LogP contribution in [0.15, 0.2) is 18.2 Å². The number of halogens is 1. The van der Waals surface area contributed by atoms with Gasteiger partial charge in [-0.1, -0.05) is 11.6 Å². The lowest BCUT2D eigenvalue weighted by molar-refractivity contribution is 0.0510. The summed E-state index contributed by atoms with van der Waals surface area (Å²) in [6.07, 6.45) is 5.44. The van der Waals surface area contributed by atoms with Crippen molar-refractivity contribution < 1.29 is 14.3 Å². The van der Waals surface area contributed by atoms with Crippen molar-refractivity contribution in [3.05, 3.63) is 28.8 Å². The lowest BCUT2D eigenvalue weighted by Crippen LogP contribution is -2.07. The van der Waals surface area contributed by atoms with Gasteiger partial charge in [-0.3, -0.25) is 0 Å². The van der Waals surface area contributed by atoms with Crippen LogP contribution in [0, 0.1) is 12.3 Å². The van der Waals surface area contributed by atoms with Gasteiger partial charge < -0.3 is 9.47 Å². The normalized spacial score (nSPS) is 9.31. The molecule has 84 valence electrons. The second-order valence-electron chi connectivity index (χ2n) is 2.93. The standard InChI is InChI=1S/C12H11ClO3/c1-3-4-7-16-12(14)10-6-5-9(13)8-11(10)15-2/h1,5-6,8H,4,7H2,2H3. The maximum atomic E-state index is 11.6. The van der Waals surface area contributed by atoms with E-state index in [1.807, 2.05) is 0 Å². The molecular weight excluding hydrogens is 228 g/mol. The Balaban J connectivity index is 2.79. The Labute approximate surface area is 99.3 Å². The summed E-state index contributed by atoms with van der Waals surface area (Å²) in [7, 11) is 1.46. The van der Waals surface area contributed by atoms with Crippen LogP contribution in [0.4, 0.5) is 0 Å². The number of hydrogen-bond donors (Lipinski definition) is 0. The molecule has 0 fully saturated rings. The minimum atomic E-state index is -0.469. The molecule has 0 N–H and O–H groups in total. The molecule has 1 aromatic carbocycles. The van der Waals surface area contributed by atoms with Gasteiger partial charge in [-0.25, -0.2) is 4.79 Å². The van der Waals surface area contributed by atoms with Crippen molar-refractivity contribution in [2.75, 3.05) is 13.7 Å². The van der Waals surface area contributed by atoms with E-state index in [1.165, 1.54) is 7.11 Å². The second-order valence-corrected chi connectivity index (χ2v) is 3.37. The molecule has 0 saturated carbocycles. The van der Waals surface area contributed by atoms with Gasteiger partial charge >= 0.3 is 5.97 Å². The first-order valence-electron chi connectivity index (χ1n) is 4.63. The summed E-state index contributed by atoms with van der Waals surface area (Å²) in [4.78, 5) is 11.6. The van der Waals surface area contributed by atoms with Crippen molar-refractivity contribution >= 4 is 17.6 Å². The topological polar surface area (TPSA) is 35.5 Å². The van der Waals surface area contributed by atoms with Crippen LogP contribution in [0.3, 0.4) is 0 Å². The van der Waals surface area contributed by atoms with Gasteiger partial charge in [0.15, 0.2) is 0 Å². The van der Waals surface area contributed by atoms with Crippen molar-refractivity contribution in [1.82, 2.24) is 0 Å². The van der Waals surface area contributed by atoms with E-state index in [1.54, 1.807) is 18.2 Å². The number of carbonyl (C=O) groups is 1. The Kier molecular flexibility index (Phi) is 4.68. The van der Waals surface area contributed by atoms with Crippen LogP contribution in [0.1, 0.15) is 16.8 Å². The fourth-order valence-corrected chi connectivity index (χ4v) is 1.28. The zero-order valence-electron chi connectivity index (χ0n) is 8.83. The first-order chi connectivity index (χ1) is 7.69. The number of esters is 1. The average molecular weight is 239 g/mol. The van der Waals surface area contributed by atoms with Gasteiger partial charge in [0.2, 0.25) is 0 Å². The molecule has 3 nitrogen and oxygen atoms in total. The van der Waals surface area contributed by atoms with Gasteiger partial charge in [-0.05, 0) is 18.2 Å². The van der Waals surface area contributed by atoms with E-state index in [0.717, 1.165) is 0 Å². The van der Waals surface area contributed by atoms with Crippen LogP contribution in [0.5, 0.6) is 5.75 Å². The summed E-state index contributed by atoms with van der Waals surface area (Å²) in [5.74, 6) is 2.30. The molecule has 1 aromatic rings. The van der Waals surface area contributed by atoms with Crippen molar-refractivity contribution in [2.45, 2.75) is 6.42 Å². The van der Waals surface area contributed by atoms with E-state index in [0.29, 0.717) is 22.8 Å². The predicted octanol–water partition coefficient (Wildman–Crippen LogP) is 2.53. The first-order valence-corrected chi connectivity index (χ1v) is 5.01. The van der Waals surface area contributed by atoms with Gasteiger partial charge in [-0.2, -0.15) is 0 Å². The molecule has 0 aliphatic carbocycles. The quantitative estimate of drug-likeness (QED) is 0.459. The third-order valence-electron chi connectivity index (χ3n) is 1.86. The Morgan fingerprint density at radius 2 is 2.31 bits per heavy atom. The van der Waals surface area contributed by atoms with Crippen molar-refractivity contribution in [1.29, 1.82) is 0 Å². The zero-order valence-corrected chi connectivity index (χ0v) is 9.58. The van der Waals surface area contributed by atoms with E-state index in [9.17, 15) is 4.79 Å². The molecule has 0 spiro atoms. The molecule has 0 atom stereocenters. The monoisotopic (exact) mass is 238 g/mol. The minimum absolute atomic E-state index is 0.196. The van der Waals surface area contributed by atoms with Crippen molar-refractivity contribution in [3.63, 3.8) is 0 Å². The molecule has 0 heterocycles. The van der Waals surface area contributed by atoms with E-state index < -0.39 is 5.97 Å². The average Bonchev–Trinajstić information content (AvgIpc) is 2.29. The fourth-order valence-electron chi connectivity index (χ4n) is 1.11. The molecular formula is C12H11ClO3. The Morgan fingerprint density at radius 3 is 2.94 bits per heavy atom. The second kappa shape index (κ2) is 6.04. The summed E-state index contributed by atoms with van der Waals surface area (Å²) in [5, 5.41) is 0.497. The summed E-state index contributed by atoms with van der Waals surface area (Å²) in [5.41, 5.74) is 0.337. The molecule has 4 heteroatoms. The van der Waals surface area contributed by atoms with Crippen molar-refractivity contribution in [2.24, 2.45) is 0 Å². The summed E-state index contributed by atoms with van der Waals surface area (Å²) in [6, 6.07) is 4.71. The van der Waals surface area contributed by atoms with Gasteiger partial charge in [0.25, 0.3) is 0 Å². The number of terminal acetylenes is 1. The lowest BCUT2D eigenvalue weighted by Gasteiger charge is -2.08. The summed E-state index contributed by atoms with van der Waals surface area (Å²) in [6.45, 7) is 0.196. The molecule has 0 saturated heterocycles. The zero-order chi connectivity index (χ0) is 12.0. The highest BCUT2D eigenvalue weighted by atomic mass is 35.5. The molecule has 1 rings (SSSR count). The smallest absolute Gasteiger partial charge is 0.341 e. The summed E-state index contributed by atoms with van der Waals surface area (Å²) < 4.78 is 9.97. The third-order valence-corrected chi connectivity index (χ3v) is 2.10. The minimum Gasteiger partial charge on any atom is -0.496 e. The fraction of sp³-hybridized carbons (Fsp3) is 0.250. The van der Waals surface area contributed by atoms with Crippen LogP contribution < -0.4 is 4.74 Å². The van der Waals surface area contributed by atoms with Gasteiger partial charge in [0.05, 0.1) is 7.11 Å². The van der Waals surface area contributed by atoms with Gasteiger partial charge in [0.1, 0.15) is 17.9 Å². The van der Waals surface area contributed by atoms with E-state index in [4.69, 9.17) is 27.5 Å². The van der Waals surface area contributed by atoms with E-state index in [2.05, 4.69) is 5.92 Å². The summed E-state index contributed by atoms with van der Waals surface area (Å²) >= 11 is 5.77. The maximum absolute atomic E-state index is 11.6. The highest BCUT2D eigenvalue weighted by Crippen LogP contribution is 2.23. The van der Waals surface area contributed by atoms with Gasteiger partial charge in [0, 0.05) is 11.4 Å². The van der Waals surface area contributed by atoms with Crippen molar-refractivity contribution in [3.8, 4) is 18.1 Å². The van der Waals surface area contributed by atoms with Crippen LogP contribution in [-0.4, -0.2) is 19.7 Å². The Bertz CT molecular complexity index is 421. The maximum Gasteiger partial charge on any atom is 0.341 e. The largest absolute Gasteiger partial charge is 0.496 e. The first kappa shape index (κ1) is 12.4. The molecule has 0 aromatic heterocycles. The third kappa shape index (κ3) is 3.18. The molecule has 0 radical (unpaired) electrons. The lowest BCUT2D eigenvalue weighted by atomic mass is 10.2.